The molecule has 1 unspecified atom stereocenters. The highest BCUT2D eigenvalue weighted by Gasteiger charge is 2.27. The molecule has 140 valence electrons. The van der Waals surface area contributed by atoms with Crippen molar-refractivity contribution in [3.05, 3.63) is 71.6 Å². The van der Waals surface area contributed by atoms with Crippen molar-refractivity contribution in [2.75, 3.05) is 6.54 Å². The Balaban J connectivity index is 1.46. The highest BCUT2D eigenvalue weighted by molar-refractivity contribution is 5.78. The van der Waals surface area contributed by atoms with Crippen molar-refractivity contribution in [2.45, 2.75) is 33.1 Å². The van der Waals surface area contributed by atoms with Crippen LogP contribution in [0.4, 0.5) is 0 Å². The van der Waals surface area contributed by atoms with Gasteiger partial charge in [-0.3, -0.25) is 14.7 Å². The van der Waals surface area contributed by atoms with E-state index in [4.69, 9.17) is 4.52 Å². The largest absolute Gasteiger partial charge is 0.361 e. The van der Waals surface area contributed by atoms with Gasteiger partial charge in [0.1, 0.15) is 5.76 Å². The molecule has 1 aliphatic heterocycles. The Bertz CT molecular complexity index is 902. The van der Waals surface area contributed by atoms with Gasteiger partial charge in [0.05, 0.1) is 11.6 Å². The zero-order chi connectivity index (χ0) is 18.6. The number of hydrogen-bond acceptors (Lipinski definition) is 5. The molecule has 0 saturated heterocycles. The van der Waals surface area contributed by atoms with Gasteiger partial charge < -0.3 is 14.4 Å². The van der Waals surface area contributed by atoms with Gasteiger partial charge in [-0.1, -0.05) is 11.2 Å². The molecule has 0 aliphatic carbocycles. The molecule has 0 spiro atoms. The van der Waals surface area contributed by atoms with E-state index in [-0.39, 0.29) is 11.8 Å². The third-order valence-corrected chi connectivity index (χ3v) is 4.83. The topological polar surface area (TPSA) is 76.2 Å². The van der Waals surface area contributed by atoms with E-state index in [1.54, 1.807) is 12.4 Å². The zero-order valence-corrected chi connectivity index (χ0v) is 15.3. The minimum atomic E-state index is -0.136. The fourth-order valence-electron chi connectivity index (χ4n) is 3.52. The highest BCUT2D eigenvalue weighted by Crippen LogP contribution is 2.19. The van der Waals surface area contributed by atoms with Gasteiger partial charge in [0.25, 0.3) is 0 Å². The smallest absolute Gasteiger partial charge is 0.226 e. The van der Waals surface area contributed by atoms with Gasteiger partial charge in [0, 0.05) is 63.1 Å². The van der Waals surface area contributed by atoms with Gasteiger partial charge in [-0.25, -0.2) is 0 Å². The summed E-state index contributed by atoms with van der Waals surface area (Å²) < 4.78 is 7.36. The van der Waals surface area contributed by atoms with E-state index >= 15 is 0 Å². The van der Waals surface area contributed by atoms with E-state index in [0.29, 0.717) is 26.2 Å². The number of carbonyl (C=O) groups is 1. The Labute approximate surface area is 158 Å². The number of hydrogen-bond donors (Lipinski definition) is 1. The summed E-state index contributed by atoms with van der Waals surface area (Å²) >= 11 is 0. The van der Waals surface area contributed by atoms with Gasteiger partial charge in [-0.15, -0.1) is 0 Å². The van der Waals surface area contributed by atoms with Crippen LogP contribution < -0.4 is 5.32 Å². The Hall–Kier alpha value is -2.93. The average molecular weight is 365 g/mol. The molecule has 3 aromatic heterocycles. The van der Waals surface area contributed by atoms with E-state index in [0.717, 1.165) is 23.6 Å². The predicted octanol–water partition coefficient (Wildman–Crippen LogP) is 2.13. The molecule has 7 nitrogen and oxygen atoms in total. The van der Waals surface area contributed by atoms with Gasteiger partial charge >= 0.3 is 0 Å². The van der Waals surface area contributed by atoms with Crippen molar-refractivity contribution < 1.29 is 9.32 Å². The van der Waals surface area contributed by atoms with Crippen LogP contribution in [0, 0.1) is 12.8 Å². The molecule has 0 fully saturated rings. The van der Waals surface area contributed by atoms with Crippen LogP contribution in [0.3, 0.4) is 0 Å². The third-order valence-electron chi connectivity index (χ3n) is 4.83. The van der Waals surface area contributed by atoms with Crippen molar-refractivity contribution in [1.29, 1.82) is 0 Å². The number of nitrogens with one attached hydrogen (secondary N) is 1. The van der Waals surface area contributed by atoms with Crippen molar-refractivity contribution in [1.82, 2.24) is 24.9 Å². The first kappa shape index (κ1) is 17.5. The van der Waals surface area contributed by atoms with Gasteiger partial charge in [0.2, 0.25) is 5.91 Å². The number of aromatic nitrogens is 3. The number of aryl methyl sites for hydroxylation is 1. The minimum absolute atomic E-state index is 0.0572. The summed E-state index contributed by atoms with van der Waals surface area (Å²) in [7, 11) is 0. The highest BCUT2D eigenvalue weighted by atomic mass is 16.5. The second-order valence-electron chi connectivity index (χ2n) is 7.03. The number of pyridine rings is 1. The molecule has 7 heteroatoms. The molecule has 1 aliphatic rings. The van der Waals surface area contributed by atoms with Crippen molar-refractivity contribution in [2.24, 2.45) is 5.92 Å². The van der Waals surface area contributed by atoms with Crippen molar-refractivity contribution in [3.8, 4) is 0 Å². The summed E-state index contributed by atoms with van der Waals surface area (Å²) in [5.41, 5.74) is 3.09. The molecule has 0 radical (unpaired) electrons. The number of nitrogens with zero attached hydrogens (tertiary/aromatic N) is 4. The summed E-state index contributed by atoms with van der Waals surface area (Å²) in [6, 6.07) is 9.92. The molecule has 0 saturated carbocycles. The molecule has 1 N–H and O–H groups in total. The second-order valence-corrected chi connectivity index (χ2v) is 7.03. The van der Waals surface area contributed by atoms with Crippen LogP contribution in [-0.4, -0.2) is 32.1 Å². The lowest BCUT2D eigenvalue weighted by Gasteiger charge is -2.22. The van der Waals surface area contributed by atoms with E-state index in [2.05, 4.69) is 31.0 Å². The molecule has 4 rings (SSSR count). The van der Waals surface area contributed by atoms with E-state index < -0.39 is 0 Å². The normalized spacial score (nSPS) is 17.3. The molecule has 0 aromatic carbocycles. The van der Waals surface area contributed by atoms with Gasteiger partial charge in [-0.05, 0) is 30.7 Å². The molecule has 27 heavy (non-hydrogen) atoms. The second kappa shape index (κ2) is 7.75. The average Bonchev–Trinajstić information content (AvgIpc) is 3.24. The lowest BCUT2D eigenvalue weighted by molar-refractivity contribution is -0.126. The first-order valence-corrected chi connectivity index (χ1v) is 9.12. The summed E-state index contributed by atoms with van der Waals surface area (Å²) in [5, 5.41) is 7.15. The molecular weight excluding hydrogens is 342 g/mol. The predicted molar refractivity (Wildman–Crippen MR) is 99.4 cm³/mol. The van der Waals surface area contributed by atoms with Crippen molar-refractivity contribution in [3.63, 3.8) is 0 Å². The molecule has 1 atom stereocenters. The number of carbonyl (C=O) groups excluding carboxylic acids is 1. The third kappa shape index (κ3) is 4.25. The van der Waals surface area contributed by atoms with E-state index in [9.17, 15) is 4.79 Å². The fourth-order valence-corrected chi connectivity index (χ4v) is 3.52. The van der Waals surface area contributed by atoms with E-state index in [1.165, 1.54) is 5.69 Å². The summed E-state index contributed by atoms with van der Waals surface area (Å²) in [6.45, 7) is 5.17. The summed E-state index contributed by atoms with van der Waals surface area (Å²) in [6.07, 6.45) is 5.55. The maximum atomic E-state index is 12.9. The monoisotopic (exact) mass is 365 g/mol. The van der Waals surface area contributed by atoms with E-state index in [1.807, 2.05) is 37.4 Å². The first-order valence-electron chi connectivity index (χ1n) is 9.12. The SMILES string of the molecule is Cc1cc(CN2Cc3cccn3CC(C(=O)NCc3cccnc3)C2)no1. The molecular formula is C20H23N5O2. The fraction of sp³-hybridized carbons (Fsp3) is 0.350. The first-order chi connectivity index (χ1) is 13.2. The zero-order valence-electron chi connectivity index (χ0n) is 15.3. The van der Waals surface area contributed by atoms with Crippen molar-refractivity contribution >= 4 is 5.91 Å². The van der Waals surface area contributed by atoms with Crippen LogP contribution >= 0.6 is 0 Å². The summed E-state index contributed by atoms with van der Waals surface area (Å²) in [5.74, 6) is 0.721. The van der Waals surface area contributed by atoms with Crippen LogP contribution in [-0.2, 0) is 31.0 Å². The van der Waals surface area contributed by atoms with Gasteiger partial charge in [-0.2, -0.15) is 0 Å². The van der Waals surface area contributed by atoms with Crippen LogP contribution in [0.15, 0.2) is 53.4 Å². The molecule has 4 heterocycles. The Morgan fingerprint density at radius 1 is 1.33 bits per heavy atom. The van der Waals surface area contributed by atoms with Crippen LogP contribution in [0.5, 0.6) is 0 Å². The Kier molecular flexibility index (Phi) is 5.02. The minimum Gasteiger partial charge on any atom is -0.361 e. The molecule has 3 aromatic rings. The Morgan fingerprint density at radius 3 is 3.04 bits per heavy atom. The quantitative estimate of drug-likeness (QED) is 0.750. The van der Waals surface area contributed by atoms with Crippen LogP contribution in [0.25, 0.3) is 0 Å². The van der Waals surface area contributed by atoms with Gasteiger partial charge in [0.15, 0.2) is 0 Å². The lowest BCUT2D eigenvalue weighted by Crippen LogP contribution is -2.38. The maximum absolute atomic E-state index is 12.9. The van der Waals surface area contributed by atoms with Crippen LogP contribution in [0.2, 0.25) is 0 Å². The summed E-state index contributed by atoms with van der Waals surface area (Å²) in [4.78, 5) is 19.2. The molecule has 0 bridgehead atoms. The number of fused-ring (bicyclic) bond motifs is 1. The lowest BCUT2D eigenvalue weighted by atomic mass is 10.1. The number of amides is 1. The number of rotatable bonds is 5. The standard InChI is InChI=1S/C20H23N5O2/c1-15-8-18(23-27-15)13-24-11-17(12-25-7-3-5-19(25)14-24)20(26)22-10-16-4-2-6-21-9-16/h2-9,17H,10-14H2,1H3,(H,22,26). The maximum Gasteiger partial charge on any atom is 0.226 e. The van der Waals surface area contributed by atoms with Crippen LogP contribution in [0.1, 0.15) is 22.7 Å². The molecule has 1 amide bonds. The Morgan fingerprint density at radius 2 is 2.26 bits per heavy atom.